The van der Waals surface area contributed by atoms with Crippen molar-refractivity contribution in [3.8, 4) is 11.8 Å². The average Bonchev–Trinajstić information content (AvgIpc) is 2.90. The molecule has 19 heavy (non-hydrogen) atoms. The van der Waals surface area contributed by atoms with E-state index in [1.807, 2.05) is 0 Å². The first kappa shape index (κ1) is 13.1. The molecule has 0 aliphatic carbocycles. The molecule has 96 valence electrons. The second kappa shape index (κ2) is 6.04. The minimum Gasteiger partial charge on any atom is -0.384 e. The first-order valence-corrected chi connectivity index (χ1v) is 5.96. The summed E-state index contributed by atoms with van der Waals surface area (Å²) >= 11 is 1.01. The lowest BCUT2D eigenvalue weighted by Crippen LogP contribution is -2.13. The van der Waals surface area contributed by atoms with Crippen molar-refractivity contribution >= 4 is 22.4 Å². The number of hydrogen-bond donors (Lipinski definition) is 2. The second-order valence-corrected chi connectivity index (χ2v) is 4.17. The number of amides is 1. The molecule has 0 unspecified atom stereocenters. The van der Waals surface area contributed by atoms with E-state index in [0.29, 0.717) is 10.6 Å². The van der Waals surface area contributed by atoms with Crippen LogP contribution >= 0.6 is 11.5 Å². The van der Waals surface area contributed by atoms with Crippen LogP contribution in [0.2, 0.25) is 0 Å². The molecule has 0 saturated heterocycles. The largest absolute Gasteiger partial charge is 0.384 e. The van der Waals surface area contributed by atoms with Crippen molar-refractivity contribution in [2.24, 2.45) is 0 Å². The molecule has 0 saturated carbocycles. The number of aromatic nitrogens is 2. The number of anilines is 1. The monoisotopic (exact) mass is 277 g/mol. The Morgan fingerprint density at radius 1 is 1.53 bits per heavy atom. The Hall–Kier alpha value is -2.30. The normalized spacial score (nSPS) is 9.58. The number of carbonyl (C=O) groups excluding carboxylic acids is 1. The fourth-order valence-corrected chi connectivity index (χ4v) is 1.76. The van der Waals surface area contributed by atoms with Crippen LogP contribution < -0.4 is 5.32 Å². The van der Waals surface area contributed by atoms with Gasteiger partial charge >= 0.3 is 0 Å². The molecule has 2 N–H and O–H groups in total. The van der Waals surface area contributed by atoms with Crippen LogP contribution in [0.15, 0.2) is 24.4 Å². The van der Waals surface area contributed by atoms with Crippen LogP contribution in [0.3, 0.4) is 0 Å². The number of benzene rings is 1. The first-order valence-electron chi connectivity index (χ1n) is 5.18. The van der Waals surface area contributed by atoms with E-state index in [9.17, 15) is 9.18 Å². The third-order valence-corrected chi connectivity index (χ3v) is 2.71. The highest BCUT2D eigenvalue weighted by Gasteiger charge is 2.12. The van der Waals surface area contributed by atoms with Gasteiger partial charge in [0.25, 0.3) is 5.91 Å². The predicted molar refractivity (Wildman–Crippen MR) is 68.2 cm³/mol. The molecule has 0 bridgehead atoms. The number of aliphatic hydroxyl groups is 1. The molecular weight excluding hydrogens is 269 g/mol. The zero-order valence-electron chi connectivity index (χ0n) is 9.55. The van der Waals surface area contributed by atoms with Gasteiger partial charge in [0.1, 0.15) is 17.4 Å². The Morgan fingerprint density at radius 3 is 3.05 bits per heavy atom. The van der Waals surface area contributed by atoms with E-state index in [4.69, 9.17) is 5.11 Å². The summed E-state index contributed by atoms with van der Waals surface area (Å²) in [4.78, 5) is 12.0. The topological polar surface area (TPSA) is 75.1 Å². The minimum atomic E-state index is -0.540. The van der Waals surface area contributed by atoms with Crippen LogP contribution in [0.5, 0.6) is 0 Å². The second-order valence-electron chi connectivity index (χ2n) is 3.39. The SMILES string of the molecule is O=C(Nc1cnns1)c1cc(F)ccc1C#CCO. The lowest BCUT2D eigenvalue weighted by molar-refractivity contribution is 0.102. The van der Waals surface area contributed by atoms with Crippen molar-refractivity contribution in [3.05, 3.63) is 41.3 Å². The molecule has 2 aromatic rings. The van der Waals surface area contributed by atoms with Crippen molar-refractivity contribution in [3.63, 3.8) is 0 Å². The van der Waals surface area contributed by atoms with Gasteiger partial charge in [-0.2, -0.15) is 0 Å². The summed E-state index contributed by atoms with van der Waals surface area (Å²) in [6.07, 6.45) is 1.39. The Kier molecular flexibility index (Phi) is 4.18. The number of aliphatic hydroxyl groups excluding tert-OH is 1. The first-order chi connectivity index (χ1) is 9.20. The maximum absolute atomic E-state index is 13.2. The summed E-state index contributed by atoms with van der Waals surface area (Å²) in [5.74, 6) is 3.97. The minimum absolute atomic E-state index is 0.0920. The molecule has 1 heterocycles. The fourth-order valence-electron chi connectivity index (χ4n) is 1.35. The van der Waals surface area contributed by atoms with Gasteiger partial charge in [0.05, 0.1) is 11.8 Å². The van der Waals surface area contributed by atoms with Crippen LogP contribution in [-0.4, -0.2) is 27.2 Å². The molecule has 5 nitrogen and oxygen atoms in total. The summed E-state index contributed by atoms with van der Waals surface area (Å²) in [7, 11) is 0. The molecule has 0 aliphatic heterocycles. The molecule has 0 fully saturated rings. The lowest BCUT2D eigenvalue weighted by Gasteiger charge is -2.04. The van der Waals surface area contributed by atoms with Crippen LogP contribution in [0.4, 0.5) is 9.39 Å². The molecule has 0 spiro atoms. The highest BCUT2D eigenvalue weighted by molar-refractivity contribution is 7.10. The molecule has 0 aliphatic rings. The number of carbonyl (C=O) groups is 1. The molecule has 0 radical (unpaired) electrons. The number of nitrogens with one attached hydrogen (secondary N) is 1. The van der Waals surface area contributed by atoms with E-state index in [1.54, 1.807) is 0 Å². The molecule has 1 aromatic heterocycles. The smallest absolute Gasteiger partial charge is 0.257 e. The number of hydrogen-bond acceptors (Lipinski definition) is 5. The van der Waals surface area contributed by atoms with Gasteiger partial charge in [-0.25, -0.2) is 4.39 Å². The van der Waals surface area contributed by atoms with E-state index in [-0.39, 0.29) is 12.2 Å². The summed E-state index contributed by atoms with van der Waals surface area (Å²) < 4.78 is 16.8. The van der Waals surface area contributed by atoms with E-state index >= 15 is 0 Å². The van der Waals surface area contributed by atoms with Gasteiger partial charge in [-0.1, -0.05) is 16.3 Å². The van der Waals surface area contributed by atoms with E-state index in [2.05, 4.69) is 26.7 Å². The van der Waals surface area contributed by atoms with Crippen LogP contribution in [0.25, 0.3) is 0 Å². The van der Waals surface area contributed by atoms with Gasteiger partial charge in [0, 0.05) is 17.1 Å². The van der Waals surface area contributed by atoms with Gasteiger partial charge in [-0.15, -0.1) is 5.10 Å². The highest BCUT2D eigenvalue weighted by atomic mass is 32.1. The molecule has 1 amide bonds. The van der Waals surface area contributed by atoms with Gasteiger partial charge in [-0.05, 0) is 18.2 Å². The summed E-state index contributed by atoms with van der Waals surface area (Å²) in [5, 5.41) is 15.2. The molecule has 0 atom stereocenters. The molecular formula is C12H8FN3O2S. The quantitative estimate of drug-likeness (QED) is 0.811. The van der Waals surface area contributed by atoms with E-state index < -0.39 is 11.7 Å². The zero-order chi connectivity index (χ0) is 13.7. The Balaban J connectivity index is 2.31. The van der Waals surface area contributed by atoms with Crippen molar-refractivity contribution in [2.75, 3.05) is 11.9 Å². The van der Waals surface area contributed by atoms with Crippen molar-refractivity contribution in [2.45, 2.75) is 0 Å². The Bertz CT molecular complexity index is 647. The van der Waals surface area contributed by atoms with Gasteiger partial charge in [0.2, 0.25) is 0 Å². The predicted octanol–water partition coefficient (Wildman–Crippen LogP) is 1.27. The zero-order valence-corrected chi connectivity index (χ0v) is 10.4. The van der Waals surface area contributed by atoms with E-state index in [1.165, 1.54) is 18.3 Å². The third-order valence-electron chi connectivity index (χ3n) is 2.13. The third kappa shape index (κ3) is 3.34. The molecule has 7 heteroatoms. The fraction of sp³-hybridized carbons (Fsp3) is 0.0833. The maximum Gasteiger partial charge on any atom is 0.257 e. The highest BCUT2D eigenvalue weighted by Crippen LogP contribution is 2.15. The van der Waals surface area contributed by atoms with E-state index in [0.717, 1.165) is 17.6 Å². The summed E-state index contributed by atoms with van der Waals surface area (Å²) in [6.45, 7) is -0.336. The van der Waals surface area contributed by atoms with Gasteiger partial charge < -0.3 is 10.4 Å². The Morgan fingerprint density at radius 2 is 2.37 bits per heavy atom. The number of halogens is 1. The van der Waals surface area contributed by atoms with Crippen LogP contribution in [0, 0.1) is 17.7 Å². The summed E-state index contributed by atoms with van der Waals surface area (Å²) in [5.41, 5.74) is 0.430. The van der Waals surface area contributed by atoms with Crippen LogP contribution in [0.1, 0.15) is 15.9 Å². The Labute approximate surface area is 112 Å². The standard InChI is InChI=1S/C12H8FN3O2S/c13-9-4-3-8(2-1-5-17)10(6-9)12(18)15-11-7-14-16-19-11/h3-4,6-7,17H,5H2,(H,15,18). The average molecular weight is 277 g/mol. The lowest BCUT2D eigenvalue weighted by atomic mass is 10.1. The van der Waals surface area contributed by atoms with Crippen molar-refractivity contribution < 1.29 is 14.3 Å². The maximum atomic E-state index is 13.2. The summed E-state index contributed by atoms with van der Waals surface area (Å²) in [6, 6.07) is 3.68. The number of rotatable bonds is 2. The molecule has 2 rings (SSSR count). The van der Waals surface area contributed by atoms with Crippen molar-refractivity contribution in [1.82, 2.24) is 9.59 Å². The van der Waals surface area contributed by atoms with Crippen LogP contribution in [-0.2, 0) is 0 Å². The number of nitrogens with zero attached hydrogens (tertiary/aromatic N) is 2. The van der Waals surface area contributed by atoms with Gasteiger partial charge in [-0.3, -0.25) is 4.79 Å². The van der Waals surface area contributed by atoms with Gasteiger partial charge in [0.15, 0.2) is 0 Å². The van der Waals surface area contributed by atoms with Crippen molar-refractivity contribution in [1.29, 1.82) is 0 Å². The molecule has 1 aromatic carbocycles.